The summed E-state index contributed by atoms with van der Waals surface area (Å²) < 4.78 is 44.1. The highest BCUT2D eigenvalue weighted by Gasteiger charge is 2.11. The van der Waals surface area contributed by atoms with Crippen molar-refractivity contribution in [3.63, 3.8) is 0 Å². The SMILES string of the molecule is COCCCCNS(=O)(=O)CCc1ccccc1F. The van der Waals surface area contributed by atoms with Crippen LogP contribution in [0.4, 0.5) is 4.39 Å². The Morgan fingerprint density at radius 2 is 2.00 bits per heavy atom. The summed E-state index contributed by atoms with van der Waals surface area (Å²) in [4.78, 5) is 0. The predicted molar refractivity (Wildman–Crippen MR) is 73.0 cm³/mol. The van der Waals surface area contributed by atoms with E-state index in [1.54, 1.807) is 25.3 Å². The van der Waals surface area contributed by atoms with Crippen LogP contribution in [0.1, 0.15) is 18.4 Å². The van der Waals surface area contributed by atoms with Crippen LogP contribution in [0.25, 0.3) is 0 Å². The summed E-state index contributed by atoms with van der Waals surface area (Å²) in [5.74, 6) is -0.462. The lowest BCUT2D eigenvalue weighted by Crippen LogP contribution is -2.28. The number of rotatable bonds is 9. The highest BCUT2D eigenvalue weighted by Crippen LogP contribution is 2.07. The van der Waals surface area contributed by atoms with Gasteiger partial charge in [-0.2, -0.15) is 0 Å². The molecule has 1 N–H and O–H groups in total. The molecule has 0 bridgehead atoms. The lowest BCUT2D eigenvalue weighted by Gasteiger charge is -2.07. The Kier molecular flexibility index (Phi) is 6.97. The van der Waals surface area contributed by atoms with Crippen LogP contribution in [0.5, 0.6) is 0 Å². The first-order valence-electron chi connectivity index (χ1n) is 6.25. The van der Waals surface area contributed by atoms with E-state index in [-0.39, 0.29) is 18.0 Å². The number of hydrogen-bond acceptors (Lipinski definition) is 3. The van der Waals surface area contributed by atoms with Crippen molar-refractivity contribution in [1.82, 2.24) is 4.72 Å². The molecule has 0 heterocycles. The molecule has 0 atom stereocenters. The largest absolute Gasteiger partial charge is 0.385 e. The van der Waals surface area contributed by atoms with Crippen LogP contribution in [0.15, 0.2) is 24.3 Å². The van der Waals surface area contributed by atoms with Crippen LogP contribution in [0, 0.1) is 5.82 Å². The summed E-state index contributed by atoms with van der Waals surface area (Å²) in [5.41, 5.74) is 0.423. The molecule has 1 rings (SSSR count). The number of benzene rings is 1. The van der Waals surface area contributed by atoms with Gasteiger partial charge in [0.15, 0.2) is 0 Å². The van der Waals surface area contributed by atoms with E-state index >= 15 is 0 Å². The molecule has 0 aliphatic rings. The van der Waals surface area contributed by atoms with Crippen LogP contribution in [0.2, 0.25) is 0 Å². The van der Waals surface area contributed by atoms with Crippen LogP contribution in [-0.2, 0) is 21.2 Å². The Balaban J connectivity index is 2.33. The van der Waals surface area contributed by atoms with E-state index in [1.807, 2.05) is 0 Å². The van der Waals surface area contributed by atoms with E-state index < -0.39 is 10.0 Å². The van der Waals surface area contributed by atoms with Crippen molar-refractivity contribution in [2.45, 2.75) is 19.3 Å². The number of sulfonamides is 1. The number of ether oxygens (including phenoxy) is 1. The quantitative estimate of drug-likeness (QED) is 0.704. The van der Waals surface area contributed by atoms with Crippen molar-refractivity contribution in [1.29, 1.82) is 0 Å². The van der Waals surface area contributed by atoms with Crippen molar-refractivity contribution in [3.8, 4) is 0 Å². The van der Waals surface area contributed by atoms with Crippen LogP contribution < -0.4 is 4.72 Å². The molecule has 0 aliphatic carbocycles. The first-order chi connectivity index (χ1) is 9.05. The number of halogens is 1. The van der Waals surface area contributed by atoms with Crippen molar-refractivity contribution in [2.75, 3.05) is 26.0 Å². The van der Waals surface area contributed by atoms with Crippen molar-refractivity contribution in [2.24, 2.45) is 0 Å². The van der Waals surface area contributed by atoms with Gasteiger partial charge in [0.25, 0.3) is 0 Å². The predicted octanol–water partition coefficient (Wildman–Crippen LogP) is 1.71. The first kappa shape index (κ1) is 16.1. The molecule has 0 saturated carbocycles. The van der Waals surface area contributed by atoms with Gasteiger partial charge in [-0.3, -0.25) is 0 Å². The second-order valence-electron chi connectivity index (χ2n) is 4.25. The van der Waals surface area contributed by atoms with Gasteiger partial charge in [-0.05, 0) is 30.9 Å². The molecule has 19 heavy (non-hydrogen) atoms. The normalized spacial score (nSPS) is 11.7. The third-order valence-electron chi connectivity index (χ3n) is 2.70. The summed E-state index contributed by atoms with van der Waals surface area (Å²) in [6.07, 6.45) is 1.72. The van der Waals surface area contributed by atoms with E-state index in [4.69, 9.17) is 4.74 Å². The average Bonchev–Trinajstić information content (AvgIpc) is 2.37. The maximum Gasteiger partial charge on any atom is 0.211 e. The van der Waals surface area contributed by atoms with Gasteiger partial charge >= 0.3 is 0 Å². The Hall–Kier alpha value is -0.980. The van der Waals surface area contributed by atoms with Crippen molar-refractivity contribution in [3.05, 3.63) is 35.6 Å². The van der Waals surface area contributed by atoms with E-state index in [0.717, 1.165) is 12.8 Å². The van der Waals surface area contributed by atoms with Crippen molar-refractivity contribution < 1.29 is 17.5 Å². The molecule has 6 heteroatoms. The molecule has 0 spiro atoms. The molecule has 108 valence electrons. The topological polar surface area (TPSA) is 55.4 Å². The molecular formula is C13H20FNO3S. The molecule has 0 radical (unpaired) electrons. The summed E-state index contributed by atoms with van der Waals surface area (Å²) in [6.45, 7) is 1.01. The van der Waals surface area contributed by atoms with Gasteiger partial charge in [0.2, 0.25) is 10.0 Å². The lowest BCUT2D eigenvalue weighted by molar-refractivity contribution is 0.193. The monoisotopic (exact) mass is 289 g/mol. The van der Waals surface area contributed by atoms with E-state index in [1.165, 1.54) is 6.07 Å². The minimum atomic E-state index is -3.34. The summed E-state index contributed by atoms with van der Waals surface area (Å²) in [6, 6.07) is 6.22. The second kappa shape index (κ2) is 8.24. The maximum atomic E-state index is 13.3. The number of methoxy groups -OCH3 is 1. The van der Waals surface area contributed by atoms with Crippen LogP contribution >= 0.6 is 0 Å². The molecule has 0 fully saturated rings. The third-order valence-corrected chi connectivity index (χ3v) is 4.08. The Bertz CT molecular complexity index is 477. The van der Waals surface area contributed by atoms with Gasteiger partial charge < -0.3 is 4.74 Å². The van der Waals surface area contributed by atoms with E-state index in [9.17, 15) is 12.8 Å². The number of nitrogens with one attached hydrogen (secondary N) is 1. The van der Waals surface area contributed by atoms with Gasteiger partial charge in [0.05, 0.1) is 5.75 Å². The molecular weight excluding hydrogens is 269 g/mol. The molecule has 0 aromatic heterocycles. The molecule has 4 nitrogen and oxygen atoms in total. The smallest absolute Gasteiger partial charge is 0.211 e. The van der Waals surface area contributed by atoms with Crippen LogP contribution in [-0.4, -0.2) is 34.4 Å². The Morgan fingerprint density at radius 3 is 2.68 bits per heavy atom. The summed E-state index contributed by atoms with van der Waals surface area (Å²) in [5, 5.41) is 0. The first-order valence-corrected chi connectivity index (χ1v) is 7.90. The van der Waals surface area contributed by atoms with Gasteiger partial charge in [0, 0.05) is 20.3 Å². The van der Waals surface area contributed by atoms with Gasteiger partial charge in [-0.15, -0.1) is 0 Å². The van der Waals surface area contributed by atoms with Gasteiger partial charge in [-0.25, -0.2) is 17.5 Å². The van der Waals surface area contributed by atoms with E-state index in [2.05, 4.69) is 4.72 Å². The molecule has 0 saturated heterocycles. The highest BCUT2D eigenvalue weighted by molar-refractivity contribution is 7.89. The Labute approximate surface area is 114 Å². The second-order valence-corrected chi connectivity index (χ2v) is 6.18. The molecule has 1 aromatic rings. The Morgan fingerprint density at radius 1 is 1.26 bits per heavy atom. The number of hydrogen-bond donors (Lipinski definition) is 1. The average molecular weight is 289 g/mol. The molecule has 1 aromatic carbocycles. The van der Waals surface area contributed by atoms with Crippen LogP contribution in [0.3, 0.4) is 0 Å². The number of unbranched alkanes of at least 4 members (excludes halogenated alkanes) is 1. The fraction of sp³-hybridized carbons (Fsp3) is 0.538. The number of aryl methyl sites for hydroxylation is 1. The zero-order valence-electron chi connectivity index (χ0n) is 11.1. The maximum absolute atomic E-state index is 13.3. The van der Waals surface area contributed by atoms with E-state index in [0.29, 0.717) is 18.7 Å². The van der Waals surface area contributed by atoms with Gasteiger partial charge in [0.1, 0.15) is 5.82 Å². The fourth-order valence-corrected chi connectivity index (χ4v) is 2.71. The zero-order chi connectivity index (χ0) is 14.1. The standard InChI is InChI=1S/C13H20FNO3S/c1-18-10-5-4-9-15-19(16,17)11-8-12-6-2-3-7-13(12)14/h2-3,6-7,15H,4-5,8-11H2,1H3. The lowest BCUT2D eigenvalue weighted by atomic mass is 10.2. The minimum absolute atomic E-state index is 0.0990. The molecule has 0 amide bonds. The summed E-state index contributed by atoms with van der Waals surface area (Å²) >= 11 is 0. The molecule has 0 unspecified atom stereocenters. The van der Waals surface area contributed by atoms with Crippen molar-refractivity contribution >= 4 is 10.0 Å². The molecule has 0 aliphatic heterocycles. The highest BCUT2D eigenvalue weighted by atomic mass is 32.2. The summed E-state index contributed by atoms with van der Waals surface area (Å²) in [7, 11) is -1.73. The zero-order valence-corrected chi connectivity index (χ0v) is 11.9. The fourth-order valence-electron chi connectivity index (χ4n) is 1.62. The minimum Gasteiger partial charge on any atom is -0.385 e. The third kappa shape index (κ3) is 6.66. The van der Waals surface area contributed by atoms with Gasteiger partial charge in [-0.1, -0.05) is 18.2 Å².